The zero-order valence-electron chi connectivity index (χ0n) is 12.8. The van der Waals surface area contributed by atoms with Gasteiger partial charge in [-0.3, -0.25) is 4.79 Å². The maximum atomic E-state index is 12.3. The Morgan fingerprint density at radius 2 is 1.95 bits per heavy atom. The van der Waals surface area contributed by atoms with Gasteiger partial charge in [-0.05, 0) is 42.7 Å². The van der Waals surface area contributed by atoms with E-state index < -0.39 is 0 Å². The van der Waals surface area contributed by atoms with Gasteiger partial charge in [-0.15, -0.1) is 12.4 Å². The van der Waals surface area contributed by atoms with Gasteiger partial charge in [0.25, 0.3) is 0 Å². The lowest BCUT2D eigenvalue weighted by molar-refractivity contribution is -0.123. The highest BCUT2D eigenvalue weighted by atomic mass is 35.5. The molecular weight excluding hydrogens is 300 g/mol. The number of fused-ring (bicyclic) bond motifs is 1. The van der Waals surface area contributed by atoms with Crippen molar-refractivity contribution in [3.63, 3.8) is 0 Å². The van der Waals surface area contributed by atoms with Crippen LogP contribution in [0.4, 0.5) is 0 Å². The maximum Gasteiger partial charge on any atom is 0.237 e. The smallest absolute Gasteiger partial charge is 0.237 e. The number of hydrogen-bond donors (Lipinski definition) is 2. The van der Waals surface area contributed by atoms with Crippen LogP contribution in [-0.4, -0.2) is 31.7 Å². The third-order valence-corrected chi connectivity index (χ3v) is 4.59. The molecule has 0 saturated carbocycles. The second-order valence-electron chi connectivity index (χ2n) is 6.04. The average molecular weight is 325 g/mol. The molecule has 22 heavy (non-hydrogen) atoms. The Morgan fingerprint density at radius 1 is 1.23 bits per heavy atom. The van der Waals surface area contributed by atoms with Crippen molar-refractivity contribution in [2.45, 2.75) is 38.3 Å². The molecule has 1 saturated heterocycles. The highest BCUT2D eigenvalue weighted by Crippen LogP contribution is 2.18. The van der Waals surface area contributed by atoms with Gasteiger partial charge in [0, 0.05) is 26.3 Å². The Morgan fingerprint density at radius 3 is 2.73 bits per heavy atom. The number of benzene rings is 1. The topological polar surface area (TPSA) is 50.4 Å². The summed E-state index contributed by atoms with van der Waals surface area (Å²) in [7, 11) is 0. The molecule has 2 heterocycles. The van der Waals surface area contributed by atoms with E-state index >= 15 is 0 Å². The fourth-order valence-corrected chi connectivity index (χ4v) is 3.20. The van der Waals surface area contributed by atoms with Crippen molar-refractivity contribution in [3.05, 3.63) is 35.4 Å². The molecule has 0 aliphatic carbocycles. The molecule has 0 spiro atoms. The molecule has 0 radical (unpaired) electrons. The van der Waals surface area contributed by atoms with Gasteiger partial charge < -0.3 is 15.4 Å². The van der Waals surface area contributed by atoms with Crippen LogP contribution in [0.3, 0.4) is 0 Å². The largest absolute Gasteiger partial charge is 0.381 e. The van der Waals surface area contributed by atoms with Crippen molar-refractivity contribution >= 4 is 18.3 Å². The first-order valence-electron chi connectivity index (χ1n) is 7.98. The van der Waals surface area contributed by atoms with Crippen LogP contribution in [0.2, 0.25) is 0 Å². The summed E-state index contributed by atoms with van der Waals surface area (Å²) < 4.78 is 5.36. The highest BCUT2D eigenvalue weighted by molar-refractivity contribution is 5.85. The third-order valence-electron chi connectivity index (χ3n) is 4.59. The van der Waals surface area contributed by atoms with E-state index in [0.29, 0.717) is 5.92 Å². The van der Waals surface area contributed by atoms with Gasteiger partial charge in [0.2, 0.25) is 5.91 Å². The van der Waals surface area contributed by atoms with Crippen LogP contribution < -0.4 is 10.6 Å². The van der Waals surface area contributed by atoms with Crippen molar-refractivity contribution in [1.29, 1.82) is 0 Å². The van der Waals surface area contributed by atoms with Gasteiger partial charge in [-0.25, -0.2) is 0 Å². The zero-order valence-corrected chi connectivity index (χ0v) is 13.7. The second-order valence-corrected chi connectivity index (χ2v) is 6.04. The van der Waals surface area contributed by atoms with Crippen LogP contribution in [0.15, 0.2) is 24.3 Å². The Hall–Kier alpha value is -1.10. The molecule has 0 aromatic heterocycles. The summed E-state index contributed by atoms with van der Waals surface area (Å²) in [4.78, 5) is 12.3. The molecule has 1 atom stereocenters. The predicted octanol–water partition coefficient (Wildman–Crippen LogP) is 2.06. The number of amides is 1. The minimum atomic E-state index is -0.0883. The number of halogens is 1. The number of rotatable bonds is 4. The highest BCUT2D eigenvalue weighted by Gasteiger charge is 2.23. The fraction of sp³-hybridized carbons (Fsp3) is 0.588. The van der Waals surface area contributed by atoms with Gasteiger partial charge in [0.1, 0.15) is 0 Å². The molecule has 1 fully saturated rings. The van der Waals surface area contributed by atoms with Crippen molar-refractivity contribution in [2.24, 2.45) is 5.92 Å². The van der Waals surface area contributed by atoms with E-state index in [1.807, 2.05) is 6.07 Å². The van der Waals surface area contributed by atoms with E-state index in [4.69, 9.17) is 4.74 Å². The number of nitrogens with one attached hydrogen (secondary N) is 2. The van der Waals surface area contributed by atoms with Crippen molar-refractivity contribution < 1.29 is 9.53 Å². The first-order valence-corrected chi connectivity index (χ1v) is 7.98. The maximum absolute atomic E-state index is 12.3. The van der Waals surface area contributed by atoms with Gasteiger partial charge in [-0.1, -0.05) is 24.3 Å². The Balaban J connectivity index is 0.00000176. The average Bonchev–Trinajstić information content (AvgIpc) is 2.55. The van der Waals surface area contributed by atoms with Gasteiger partial charge in [0.05, 0.1) is 6.04 Å². The molecule has 1 aromatic rings. The minimum Gasteiger partial charge on any atom is -0.381 e. The Labute approximate surface area is 138 Å². The van der Waals surface area contributed by atoms with Crippen molar-refractivity contribution in [2.75, 3.05) is 19.8 Å². The summed E-state index contributed by atoms with van der Waals surface area (Å²) in [5, 5.41) is 6.42. The first kappa shape index (κ1) is 17.3. The number of ether oxygens (including phenoxy) is 1. The lowest BCUT2D eigenvalue weighted by atomic mass is 9.95. The van der Waals surface area contributed by atoms with Gasteiger partial charge in [-0.2, -0.15) is 0 Å². The van der Waals surface area contributed by atoms with E-state index in [-0.39, 0.29) is 24.4 Å². The Bertz CT molecular complexity index is 489. The SMILES string of the molecule is Cl.O=C(NCCC1CCOCC1)C1Cc2ccccc2CN1. The molecule has 5 heteroatoms. The van der Waals surface area contributed by atoms with E-state index in [9.17, 15) is 4.79 Å². The standard InChI is InChI=1S/C17H24N2O2.ClH/c20-17(18-8-5-13-6-9-21-10-7-13)16-11-14-3-1-2-4-15(14)12-19-16;/h1-4,13,16,19H,5-12H2,(H,18,20);1H. The summed E-state index contributed by atoms with van der Waals surface area (Å²) in [5.41, 5.74) is 2.60. The Kier molecular flexibility index (Phi) is 6.68. The lowest BCUT2D eigenvalue weighted by Crippen LogP contribution is -2.48. The third kappa shape index (κ3) is 4.45. The van der Waals surface area contributed by atoms with Crippen molar-refractivity contribution in [1.82, 2.24) is 10.6 Å². The predicted molar refractivity (Wildman–Crippen MR) is 89.2 cm³/mol. The normalized spacial score (nSPS) is 21.5. The summed E-state index contributed by atoms with van der Waals surface area (Å²) in [5.74, 6) is 0.843. The molecule has 0 bridgehead atoms. The molecule has 2 aliphatic rings. The molecule has 1 amide bonds. The van der Waals surface area contributed by atoms with E-state index in [1.54, 1.807) is 0 Å². The van der Waals surface area contributed by atoms with Gasteiger partial charge >= 0.3 is 0 Å². The minimum absolute atomic E-state index is 0. The number of carbonyl (C=O) groups is 1. The molecule has 122 valence electrons. The lowest BCUT2D eigenvalue weighted by Gasteiger charge is -2.26. The quantitative estimate of drug-likeness (QED) is 0.891. The van der Waals surface area contributed by atoms with Gasteiger partial charge in [0.15, 0.2) is 0 Å². The molecule has 2 aliphatic heterocycles. The monoisotopic (exact) mass is 324 g/mol. The van der Waals surface area contributed by atoms with Crippen LogP contribution in [-0.2, 0) is 22.5 Å². The van der Waals surface area contributed by atoms with E-state index in [0.717, 1.165) is 52.0 Å². The van der Waals surface area contributed by atoms with Crippen LogP contribution in [0.1, 0.15) is 30.4 Å². The summed E-state index contributed by atoms with van der Waals surface area (Å²) in [6.07, 6.45) is 4.12. The van der Waals surface area contributed by atoms with E-state index in [1.165, 1.54) is 11.1 Å². The molecule has 3 rings (SSSR count). The van der Waals surface area contributed by atoms with Crippen LogP contribution in [0.25, 0.3) is 0 Å². The summed E-state index contributed by atoms with van der Waals surface area (Å²) in [6.45, 7) is 3.32. The molecule has 1 unspecified atom stereocenters. The fourth-order valence-electron chi connectivity index (χ4n) is 3.20. The van der Waals surface area contributed by atoms with E-state index in [2.05, 4.69) is 28.8 Å². The molecule has 1 aromatic carbocycles. The number of hydrogen-bond acceptors (Lipinski definition) is 3. The van der Waals surface area contributed by atoms with Crippen LogP contribution >= 0.6 is 12.4 Å². The zero-order chi connectivity index (χ0) is 14.5. The molecular formula is C17H25ClN2O2. The second kappa shape index (κ2) is 8.51. The van der Waals surface area contributed by atoms with Crippen LogP contribution in [0.5, 0.6) is 0 Å². The number of carbonyl (C=O) groups excluding carboxylic acids is 1. The first-order chi connectivity index (χ1) is 10.3. The molecule has 2 N–H and O–H groups in total. The van der Waals surface area contributed by atoms with Crippen molar-refractivity contribution in [3.8, 4) is 0 Å². The summed E-state index contributed by atoms with van der Waals surface area (Å²) >= 11 is 0. The summed E-state index contributed by atoms with van der Waals surface area (Å²) in [6, 6.07) is 8.26. The van der Waals surface area contributed by atoms with Crippen LogP contribution in [0, 0.1) is 5.92 Å². The molecule has 4 nitrogen and oxygen atoms in total.